The number of nitrogens with one attached hydrogen (secondary N) is 2. The predicted octanol–water partition coefficient (Wildman–Crippen LogP) is 0.342. The number of aromatic nitrogens is 2. The third-order valence-corrected chi connectivity index (χ3v) is 2.58. The predicted molar refractivity (Wildman–Crippen MR) is 64.8 cm³/mol. The van der Waals surface area contributed by atoms with Crippen LogP contribution in [0, 0.1) is 0 Å². The summed E-state index contributed by atoms with van der Waals surface area (Å²) in [6, 6.07) is 0. The molecular formula is C11H17N3O4. The van der Waals surface area contributed by atoms with E-state index in [1.807, 2.05) is 13.8 Å². The molecule has 0 bridgehead atoms. The second kappa shape index (κ2) is 4.95. The van der Waals surface area contributed by atoms with Crippen molar-refractivity contribution in [3.05, 3.63) is 16.7 Å². The Kier molecular flexibility index (Phi) is 3.53. The minimum atomic E-state index is -0.558. The summed E-state index contributed by atoms with van der Waals surface area (Å²) in [5.41, 5.74) is -0.320. The Balaban J connectivity index is 1.99. The number of ether oxygens (including phenoxy) is 3. The number of aromatic amines is 1. The second-order valence-corrected chi connectivity index (χ2v) is 4.45. The van der Waals surface area contributed by atoms with E-state index in [1.165, 1.54) is 13.4 Å². The first kappa shape index (κ1) is 12.8. The van der Waals surface area contributed by atoms with Crippen molar-refractivity contribution in [3.63, 3.8) is 0 Å². The van der Waals surface area contributed by atoms with Gasteiger partial charge < -0.3 is 24.5 Å². The molecule has 1 atom stereocenters. The van der Waals surface area contributed by atoms with Crippen LogP contribution in [0.1, 0.15) is 13.8 Å². The van der Waals surface area contributed by atoms with E-state index in [0.717, 1.165) is 0 Å². The summed E-state index contributed by atoms with van der Waals surface area (Å²) in [7, 11) is 1.43. The molecule has 0 aromatic carbocycles. The number of H-pyrrole nitrogens is 1. The Hall–Kier alpha value is -1.60. The SMILES string of the molecule is COc1c(NCC2COC(C)(C)O2)nc[nH]c1=O. The molecule has 2 N–H and O–H groups in total. The molecule has 1 aliphatic rings. The quantitative estimate of drug-likeness (QED) is 0.807. The van der Waals surface area contributed by atoms with E-state index < -0.39 is 5.79 Å². The van der Waals surface area contributed by atoms with Gasteiger partial charge in [0.25, 0.3) is 5.56 Å². The Bertz CT molecular complexity index is 472. The number of hydrogen-bond acceptors (Lipinski definition) is 6. The molecule has 1 aromatic heterocycles. The molecule has 18 heavy (non-hydrogen) atoms. The minimum absolute atomic E-state index is 0.0780. The van der Waals surface area contributed by atoms with Crippen molar-refractivity contribution < 1.29 is 14.2 Å². The largest absolute Gasteiger partial charge is 0.489 e. The van der Waals surface area contributed by atoms with Gasteiger partial charge >= 0.3 is 0 Å². The average molecular weight is 255 g/mol. The summed E-state index contributed by atoms with van der Waals surface area (Å²) in [5.74, 6) is 0.00288. The first-order valence-corrected chi connectivity index (χ1v) is 5.69. The zero-order valence-electron chi connectivity index (χ0n) is 10.6. The van der Waals surface area contributed by atoms with Crippen LogP contribution in [-0.2, 0) is 9.47 Å². The third kappa shape index (κ3) is 2.80. The number of hydrogen-bond donors (Lipinski definition) is 2. The van der Waals surface area contributed by atoms with Crippen LogP contribution in [0.3, 0.4) is 0 Å². The molecule has 2 rings (SSSR count). The van der Waals surface area contributed by atoms with Crippen LogP contribution in [0.25, 0.3) is 0 Å². The van der Waals surface area contributed by atoms with Gasteiger partial charge in [-0.2, -0.15) is 0 Å². The summed E-state index contributed by atoms with van der Waals surface area (Å²) in [5, 5.41) is 3.02. The molecule has 1 saturated heterocycles. The van der Waals surface area contributed by atoms with Crippen molar-refractivity contribution in [2.45, 2.75) is 25.7 Å². The summed E-state index contributed by atoms with van der Waals surface area (Å²) in [6.07, 6.45) is 1.24. The van der Waals surface area contributed by atoms with Gasteiger partial charge in [-0.1, -0.05) is 0 Å². The van der Waals surface area contributed by atoms with E-state index in [2.05, 4.69) is 15.3 Å². The molecule has 7 heteroatoms. The highest BCUT2D eigenvalue weighted by atomic mass is 16.7. The molecule has 0 spiro atoms. The maximum atomic E-state index is 11.5. The van der Waals surface area contributed by atoms with Gasteiger partial charge in [0.05, 0.1) is 20.0 Å². The number of nitrogens with zero attached hydrogens (tertiary/aromatic N) is 1. The highest BCUT2D eigenvalue weighted by Crippen LogP contribution is 2.23. The fourth-order valence-electron chi connectivity index (χ4n) is 1.78. The van der Waals surface area contributed by atoms with Crippen molar-refractivity contribution >= 4 is 5.82 Å². The number of methoxy groups -OCH3 is 1. The van der Waals surface area contributed by atoms with Gasteiger partial charge in [0.1, 0.15) is 6.10 Å². The lowest BCUT2D eigenvalue weighted by atomic mass is 10.3. The van der Waals surface area contributed by atoms with Gasteiger partial charge in [-0.3, -0.25) is 4.79 Å². The van der Waals surface area contributed by atoms with Crippen molar-refractivity contribution in [1.29, 1.82) is 0 Å². The van der Waals surface area contributed by atoms with Crippen LogP contribution < -0.4 is 15.6 Å². The minimum Gasteiger partial charge on any atom is -0.489 e. The van der Waals surface area contributed by atoms with Gasteiger partial charge in [0.2, 0.25) is 5.75 Å². The van der Waals surface area contributed by atoms with Crippen LogP contribution >= 0.6 is 0 Å². The van der Waals surface area contributed by atoms with E-state index >= 15 is 0 Å². The molecule has 2 heterocycles. The summed E-state index contributed by atoms with van der Waals surface area (Å²) < 4.78 is 16.1. The molecule has 1 fully saturated rings. The van der Waals surface area contributed by atoms with Crippen LogP contribution in [-0.4, -0.2) is 42.1 Å². The van der Waals surface area contributed by atoms with E-state index in [4.69, 9.17) is 14.2 Å². The first-order chi connectivity index (χ1) is 8.52. The van der Waals surface area contributed by atoms with Gasteiger partial charge in [-0.25, -0.2) is 4.98 Å². The third-order valence-electron chi connectivity index (χ3n) is 2.58. The molecule has 1 aliphatic heterocycles. The maximum absolute atomic E-state index is 11.5. The van der Waals surface area contributed by atoms with E-state index in [9.17, 15) is 4.79 Å². The van der Waals surface area contributed by atoms with E-state index in [0.29, 0.717) is 19.0 Å². The van der Waals surface area contributed by atoms with Crippen LogP contribution in [0.5, 0.6) is 5.75 Å². The molecular weight excluding hydrogens is 238 g/mol. The molecule has 100 valence electrons. The molecule has 0 aliphatic carbocycles. The van der Waals surface area contributed by atoms with Gasteiger partial charge in [-0.05, 0) is 13.8 Å². The lowest BCUT2D eigenvalue weighted by Gasteiger charge is -2.17. The molecule has 0 amide bonds. The van der Waals surface area contributed by atoms with Crippen molar-refractivity contribution in [2.75, 3.05) is 25.6 Å². The Morgan fingerprint density at radius 3 is 3.06 bits per heavy atom. The topological polar surface area (TPSA) is 85.5 Å². The molecule has 0 radical (unpaired) electrons. The highest BCUT2D eigenvalue weighted by Gasteiger charge is 2.32. The average Bonchev–Trinajstić information content (AvgIpc) is 2.66. The lowest BCUT2D eigenvalue weighted by molar-refractivity contribution is -0.136. The number of anilines is 1. The number of rotatable bonds is 4. The molecule has 1 unspecified atom stereocenters. The zero-order valence-corrected chi connectivity index (χ0v) is 10.6. The molecule has 0 saturated carbocycles. The van der Waals surface area contributed by atoms with E-state index in [-0.39, 0.29) is 17.4 Å². The van der Waals surface area contributed by atoms with Crippen molar-refractivity contribution in [2.24, 2.45) is 0 Å². The Labute approximate surface area is 104 Å². The van der Waals surface area contributed by atoms with Crippen molar-refractivity contribution in [3.8, 4) is 5.75 Å². The van der Waals surface area contributed by atoms with Crippen LogP contribution in [0.4, 0.5) is 5.82 Å². The van der Waals surface area contributed by atoms with Crippen molar-refractivity contribution in [1.82, 2.24) is 9.97 Å². The standard InChI is InChI=1S/C11H17N3O4/c1-11(2)17-5-7(18-11)4-12-9-8(16-3)10(15)14-6-13-9/h6-7H,4-5H2,1-3H3,(H2,12,13,14,15). The zero-order chi connectivity index (χ0) is 13.2. The normalized spacial score (nSPS) is 21.8. The molecule has 1 aromatic rings. The van der Waals surface area contributed by atoms with Gasteiger partial charge in [0.15, 0.2) is 11.6 Å². The van der Waals surface area contributed by atoms with E-state index in [1.54, 1.807) is 0 Å². The first-order valence-electron chi connectivity index (χ1n) is 5.69. The molecule has 7 nitrogen and oxygen atoms in total. The summed E-state index contributed by atoms with van der Waals surface area (Å²) in [4.78, 5) is 17.9. The fraction of sp³-hybridized carbons (Fsp3) is 0.636. The Morgan fingerprint density at radius 1 is 1.67 bits per heavy atom. The van der Waals surface area contributed by atoms with Crippen LogP contribution in [0.15, 0.2) is 11.1 Å². The fourth-order valence-corrected chi connectivity index (χ4v) is 1.78. The maximum Gasteiger partial charge on any atom is 0.295 e. The monoisotopic (exact) mass is 255 g/mol. The smallest absolute Gasteiger partial charge is 0.295 e. The van der Waals surface area contributed by atoms with Gasteiger partial charge in [-0.15, -0.1) is 0 Å². The second-order valence-electron chi connectivity index (χ2n) is 4.45. The lowest BCUT2D eigenvalue weighted by Crippen LogP contribution is -2.27. The summed E-state index contributed by atoms with van der Waals surface area (Å²) in [6.45, 7) is 4.72. The summed E-state index contributed by atoms with van der Waals surface area (Å²) >= 11 is 0. The van der Waals surface area contributed by atoms with Crippen LogP contribution in [0.2, 0.25) is 0 Å². The highest BCUT2D eigenvalue weighted by molar-refractivity contribution is 5.47. The Morgan fingerprint density at radius 2 is 2.44 bits per heavy atom. The van der Waals surface area contributed by atoms with Gasteiger partial charge in [0, 0.05) is 6.54 Å².